The molecule has 0 unspecified atom stereocenters. The fourth-order valence-electron chi connectivity index (χ4n) is 1.25. The van der Waals surface area contributed by atoms with Crippen LogP contribution in [0.2, 0.25) is 0 Å². The van der Waals surface area contributed by atoms with E-state index in [4.69, 9.17) is 11.6 Å². The molecule has 12 heavy (non-hydrogen) atoms. The third-order valence-electron chi connectivity index (χ3n) is 2.02. The van der Waals surface area contributed by atoms with Crippen molar-refractivity contribution in [2.24, 2.45) is 0 Å². The van der Waals surface area contributed by atoms with Crippen molar-refractivity contribution >= 4 is 11.6 Å². The van der Waals surface area contributed by atoms with Gasteiger partial charge in [0.2, 0.25) is 0 Å². The highest BCUT2D eigenvalue weighted by Crippen LogP contribution is 2.08. The lowest BCUT2D eigenvalue weighted by Gasteiger charge is -1.99. The SMILES string of the molecule is FCCCCCCCCCCCl. The van der Waals surface area contributed by atoms with Crippen LogP contribution in [-0.2, 0) is 0 Å². The van der Waals surface area contributed by atoms with Crippen molar-refractivity contribution in [3.8, 4) is 0 Å². The smallest absolute Gasteiger partial charge is 0.0894 e. The van der Waals surface area contributed by atoms with Crippen LogP contribution < -0.4 is 0 Å². The summed E-state index contributed by atoms with van der Waals surface area (Å²) in [6, 6.07) is 0. The summed E-state index contributed by atoms with van der Waals surface area (Å²) < 4.78 is 11.7. The first-order chi connectivity index (χ1) is 5.91. The molecular weight excluding hydrogens is 175 g/mol. The van der Waals surface area contributed by atoms with Gasteiger partial charge in [0.1, 0.15) is 0 Å². The van der Waals surface area contributed by atoms with Gasteiger partial charge in [0.05, 0.1) is 6.67 Å². The second-order valence-corrected chi connectivity index (χ2v) is 3.58. The molecule has 0 radical (unpaired) electrons. The number of alkyl halides is 2. The van der Waals surface area contributed by atoms with Gasteiger partial charge in [0.15, 0.2) is 0 Å². The minimum absolute atomic E-state index is 0.147. The summed E-state index contributed by atoms with van der Waals surface area (Å²) in [6.45, 7) is -0.147. The molecule has 0 heterocycles. The molecule has 0 rings (SSSR count). The van der Waals surface area contributed by atoms with E-state index in [2.05, 4.69) is 0 Å². The van der Waals surface area contributed by atoms with Crippen molar-refractivity contribution in [2.75, 3.05) is 12.6 Å². The Bertz CT molecular complexity index is 66.2. The van der Waals surface area contributed by atoms with Gasteiger partial charge in [-0.3, -0.25) is 4.39 Å². The predicted octanol–water partition coefficient (Wildman–Crippen LogP) is 4.32. The predicted molar refractivity (Wildman–Crippen MR) is 53.6 cm³/mol. The Morgan fingerprint density at radius 3 is 1.50 bits per heavy atom. The fourth-order valence-corrected chi connectivity index (χ4v) is 1.44. The molecule has 0 bridgehead atoms. The Balaban J connectivity index is 2.73. The van der Waals surface area contributed by atoms with Crippen molar-refractivity contribution in [1.29, 1.82) is 0 Å². The van der Waals surface area contributed by atoms with Gasteiger partial charge in [-0.05, 0) is 12.8 Å². The molecule has 74 valence electrons. The maximum absolute atomic E-state index is 11.7. The van der Waals surface area contributed by atoms with Gasteiger partial charge in [-0.15, -0.1) is 11.6 Å². The van der Waals surface area contributed by atoms with Gasteiger partial charge >= 0.3 is 0 Å². The van der Waals surface area contributed by atoms with Gasteiger partial charge in [0, 0.05) is 5.88 Å². The monoisotopic (exact) mass is 194 g/mol. The van der Waals surface area contributed by atoms with Crippen LogP contribution in [0.25, 0.3) is 0 Å². The Morgan fingerprint density at radius 1 is 0.667 bits per heavy atom. The number of hydrogen-bond donors (Lipinski definition) is 0. The third-order valence-corrected chi connectivity index (χ3v) is 2.28. The first kappa shape index (κ1) is 12.2. The zero-order chi connectivity index (χ0) is 9.07. The fraction of sp³-hybridized carbons (Fsp3) is 1.00. The molecule has 0 saturated heterocycles. The summed E-state index contributed by atoms with van der Waals surface area (Å²) >= 11 is 5.54. The van der Waals surface area contributed by atoms with E-state index in [1.165, 1.54) is 32.1 Å². The lowest BCUT2D eigenvalue weighted by Crippen LogP contribution is -1.82. The van der Waals surface area contributed by atoms with Crippen LogP contribution in [0.3, 0.4) is 0 Å². The lowest BCUT2D eigenvalue weighted by molar-refractivity contribution is 0.449. The largest absolute Gasteiger partial charge is 0.251 e. The summed E-state index contributed by atoms with van der Waals surface area (Å²) in [5.41, 5.74) is 0. The molecule has 0 aromatic rings. The number of hydrogen-bond acceptors (Lipinski definition) is 0. The maximum atomic E-state index is 11.7. The van der Waals surface area contributed by atoms with Crippen LogP contribution in [0.5, 0.6) is 0 Å². The molecule has 0 aliphatic carbocycles. The van der Waals surface area contributed by atoms with Crippen LogP contribution in [-0.4, -0.2) is 12.6 Å². The van der Waals surface area contributed by atoms with Crippen LogP contribution >= 0.6 is 11.6 Å². The third kappa shape index (κ3) is 10.2. The van der Waals surface area contributed by atoms with Crippen LogP contribution in [0.15, 0.2) is 0 Å². The zero-order valence-corrected chi connectivity index (χ0v) is 8.58. The molecule has 0 aromatic carbocycles. The van der Waals surface area contributed by atoms with Crippen LogP contribution in [0.4, 0.5) is 4.39 Å². The van der Waals surface area contributed by atoms with Gasteiger partial charge in [-0.2, -0.15) is 0 Å². The van der Waals surface area contributed by atoms with Crippen molar-refractivity contribution in [3.05, 3.63) is 0 Å². The zero-order valence-electron chi connectivity index (χ0n) is 7.83. The highest BCUT2D eigenvalue weighted by Gasteiger charge is 1.91. The van der Waals surface area contributed by atoms with E-state index in [9.17, 15) is 4.39 Å². The number of halogens is 2. The molecule has 0 nitrogen and oxygen atoms in total. The summed E-state index contributed by atoms with van der Waals surface area (Å²) in [5.74, 6) is 0.794. The Kier molecular flexibility index (Phi) is 11.4. The van der Waals surface area contributed by atoms with E-state index in [0.717, 1.165) is 25.1 Å². The quantitative estimate of drug-likeness (QED) is 0.379. The van der Waals surface area contributed by atoms with Crippen molar-refractivity contribution in [1.82, 2.24) is 0 Å². The average Bonchev–Trinajstić information content (AvgIpc) is 2.10. The van der Waals surface area contributed by atoms with E-state index in [-0.39, 0.29) is 6.67 Å². The molecule has 2 heteroatoms. The van der Waals surface area contributed by atoms with E-state index < -0.39 is 0 Å². The van der Waals surface area contributed by atoms with Gasteiger partial charge in [-0.25, -0.2) is 0 Å². The highest BCUT2D eigenvalue weighted by molar-refractivity contribution is 6.17. The standard InChI is InChI=1S/C10H20ClF/c11-9-7-5-3-1-2-4-6-8-10-12/h1-10H2. The molecule has 0 fully saturated rings. The summed E-state index contributed by atoms with van der Waals surface area (Å²) in [5, 5.41) is 0. The van der Waals surface area contributed by atoms with E-state index in [1.807, 2.05) is 0 Å². The van der Waals surface area contributed by atoms with E-state index in [0.29, 0.717) is 0 Å². The molecular formula is C10H20ClF. The topological polar surface area (TPSA) is 0 Å². The number of unbranched alkanes of at least 4 members (excludes halogenated alkanes) is 7. The summed E-state index contributed by atoms with van der Waals surface area (Å²) in [4.78, 5) is 0. The van der Waals surface area contributed by atoms with E-state index >= 15 is 0 Å². The molecule has 0 amide bonds. The molecule has 0 atom stereocenters. The second kappa shape index (κ2) is 11.2. The van der Waals surface area contributed by atoms with Gasteiger partial charge in [-0.1, -0.05) is 38.5 Å². The Morgan fingerprint density at radius 2 is 1.08 bits per heavy atom. The van der Waals surface area contributed by atoms with Gasteiger partial charge in [0.25, 0.3) is 0 Å². The van der Waals surface area contributed by atoms with Crippen molar-refractivity contribution in [3.63, 3.8) is 0 Å². The average molecular weight is 195 g/mol. The Labute approximate surface area is 80.5 Å². The maximum Gasteiger partial charge on any atom is 0.0894 e. The lowest BCUT2D eigenvalue weighted by atomic mass is 10.1. The molecule has 0 N–H and O–H groups in total. The van der Waals surface area contributed by atoms with E-state index in [1.54, 1.807) is 0 Å². The summed E-state index contributed by atoms with van der Waals surface area (Å²) in [7, 11) is 0. The molecule has 0 aliphatic heterocycles. The first-order valence-corrected chi connectivity index (χ1v) is 5.57. The molecule has 0 spiro atoms. The van der Waals surface area contributed by atoms with Crippen molar-refractivity contribution in [2.45, 2.75) is 51.4 Å². The van der Waals surface area contributed by atoms with Crippen LogP contribution in [0.1, 0.15) is 51.4 Å². The highest BCUT2D eigenvalue weighted by atomic mass is 35.5. The molecule has 0 aliphatic rings. The minimum atomic E-state index is -0.147. The van der Waals surface area contributed by atoms with Crippen LogP contribution in [0, 0.1) is 0 Å². The van der Waals surface area contributed by atoms with Crippen molar-refractivity contribution < 1.29 is 4.39 Å². The Hall–Kier alpha value is 0.220. The summed E-state index contributed by atoms with van der Waals surface area (Å²) in [6.07, 6.45) is 9.27. The normalized spacial score (nSPS) is 10.5. The first-order valence-electron chi connectivity index (χ1n) is 5.03. The van der Waals surface area contributed by atoms with Gasteiger partial charge < -0.3 is 0 Å². The molecule has 0 aromatic heterocycles. The minimum Gasteiger partial charge on any atom is -0.251 e. The molecule has 0 saturated carbocycles. The second-order valence-electron chi connectivity index (χ2n) is 3.21. The number of rotatable bonds is 9.